The molecule has 1 unspecified atom stereocenters. The molecule has 0 rings (SSSR count). The maximum Gasteiger partial charge on any atom is 0.303 e. The van der Waals surface area contributed by atoms with Gasteiger partial charge in [0.25, 0.3) is 0 Å². The van der Waals surface area contributed by atoms with Gasteiger partial charge in [0.05, 0.1) is 6.04 Å². The summed E-state index contributed by atoms with van der Waals surface area (Å²) in [7, 11) is 0. The van der Waals surface area contributed by atoms with Crippen molar-refractivity contribution in [3.05, 3.63) is 0 Å². The Labute approximate surface area is 96.4 Å². The second kappa shape index (κ2) is 8.10. The molecule has 0 heterocycles. The number of rotatable bonds is 8. The van der Waals surface area contributed by atoms with Crippen LogP contribution >= 0.6 is 0 Å². The van der Waals surface area contributed by atoms with Crippen LogP contribution in [-0.4, -0.2) is 29.6 Å². The van der Waals surface area contributed by atoms with Gasteiger partial charge in [-0.3, -0.25) is 9.59 Å². The minimum Gasteiger partial charge on any atom is -0.481 e. The van der Waals surface area contributed by atoms with Crippen molar-refractivity contribution >= 4 is 11.9 Å². The van der Waals surface area contributed by atoms with Crippen LogP contribution in [0.4, 0.5) is 0 Å². The maximum atomic E-state index is 11.3. The van der Waals surface area contributed by atoms with Gasteiger partial charge < -0.3 is 16.2 Å². The van der Waals surface area contributed by atoms with Crippen molar-refractivity contribution in [3.8, 4) is 0 Å². The van der Waals surface area contributed by atoms with Gasteiger partial charge in [0.1, 0.15) is 0 Å². The van der Waals surface area contributed by atoms with Crippen molar-refractivity contribution < 1.29 is 14.7 Å². The summed E-state index contributed by atoms with van der Waals surface area (Å²) in [5, 5.41) is 11.2. The smallest absolute Gasteiger partial charge is 0.303 e. The van der Waals surface area contributed by atoms with E-state index in [0.29, 0.717) is 25.3 Å². The van der Waals surface area contributed by atoms with Gasteiger partial charge in [0, 0.05) is 13.0 Å². The zero-order chi connectivity index (χ0) is 12.6. The van der Waals surface area contributed by atoms with Crippen LogP contribution in [0.2, 0.25) is 0 Å². The molecule has 0 aromatic rings. The molecular weight excluding hydrogens is 208 g/mol. The molecule has 0 aromatic carbocycles. The van der Waals surface area contributed by atoms with E-state index in [-0.39, 0.29) is 12.3 Å². The van der Waals surface area contributed by atoms with Gasteiger partial charge in [0.15, 0.2) is 0 Å². The van der Waals surface area contributed by atoms with Gasteiger partial charge >= 0.3 is 5.97 Å². The highest BCUT2D eigenvalue weighted by Crippen LogP contribution is 2.09. The van der Waals surface area contributed by atoms with Crippen LogP contribution in [0.25, 0.3) is 0 Å². The molecule has 5 heteroatoms. The third-order valence-corrected chi connectivity index (χ3v) is 2.56. The van der Waals surface area contributed by atoms with Crippen LogP contribution in [0.5, 0.6) is 0 Å². The van der Waals surface area contributed by atoms with Crippen LogP contribution in [0, 0.1) is 5.92 Å². The quantitative estimate of drug-likeness (QED) is 0.573. The molecule has 0 bridgehead atoms. The second-order valence-corrected chi connectivity index (χ2v) is 4.13. The number of hydrogen-bond acceptors (Lipinski definition) is 3. The molecule has 0 fully saturated rings. The molecule has 4 N–H and O–H groups in total. The van der Waals surface area contributed by atoms with Crippen molar-refractivity contribution in [3.63, 3.8) is 0 Å². The Hall–Kier alpha value is -1.10. The molecule has 94 valence electrons. The standard InChI is InChI=1S/C11H22N2O3/c1-3-9(12)11(16)13-7-6-8(2)4-5-10(14)15/h8-9H,3-7,12H2,1-2H3,(H,13,16)(H,14,15)/t8?,9-/m1/s1. The summed E-state index contributed by atoms with van der Waals surface area (Å²) in [5.41, 5.74) is 5.54. The van der Waals surface area contributed by atoms with E-state index in [1.165, 1.54) is 0 Å². The first kappa shape index (κ1) is 14.9. The highest BCUT2D eigenvalue weighted by Gasteiger charge is 2.11. The number of carbonyl (C=O) groups is 2. The molecule has 0 aromatic heterocycles. The normalized spacial score (nSPS) is 14.2. The number of nitrogens with two attached hydrogens (primary N) is 1. The fourth-order valence-electron chi connectivity index (χ4n) is 1.27. The second-order valence-electron chi connectivity index (χ2n) is 4.13. The van der Waals surface area contributed by atoms with Crippen molar-refractivity contribution in [2.24, 2.45) is 11.7 Å². The van der Waals surface area contributed by atoms with Crippen molar-refractivity contribution in [1.29, 1.82) is 0 Å². The first-order valence-electron chi connectivity index (χ1n) is 5.72. The molecule has 0 saturated carbocycles. The number of carboxylic acids is 1. The number of nitrogens with one attached hydrogen (secondary N) is 1. The third-order valence-electron chi connectivity index (χ3n) is 2.56. The average molecular weight is 230 g/mol. The first-order valence-corrected chi connectivity index (χ1v) is 5.72. The van der Waals surface area contributed by atoms with Gasteiger partial charge in [0.2, 0.25) is 5.91 Å². The number of hydrogen-bond donors (Lipinski definition) is 3. The lowest BCUT2D eigenvalue weighted by atomic mass is 10.0. The van der Waals surface area contributed by atoms with Crippen LogP contribution in [0.15, 0.2) is 0 Å². The Morgan fingerprint density at radius 2 is 2.00 bits per heavy atom. The maximum absolute atomic E-state index is 11.3. The Morgan fingerprint density at radius 3 is 2.50 bits per heavy atom. The zero-order valence-electron chi connectivity index (χ0n) is 10.0. The van der Waals surface area contributed by atoms with Crippen LogP contribution in [0.3, 0.4) is 0 Å². The van der Waals surface area contributed by atoms with E-state index in [0.717, 1.165) is 6.42 Å². The Bertz CT molecular complexity index is 231. The van der Waals surface area contributed by atoms with Crippen LogP contribution in [0.1, 0.15) is 39.5 Å². The van der Waals surface area contributed by atoms with Gasteiger partial charge in [-0.25, -0.2) is 0 Å². The zero-order valence-corrected chi connectivity index (χ0v) is 10.0. The minimum absolute atomic E-state index is 0.132. The fourth-order valence-corrected chi connectivity index (χ4v) is 1.27. The molecule has 2 atom stereocenters. The molecule has 0 aliphatic carbocycles. The largest absolute Gasteiger partial charge is 0.481 e. The fraction of sp³-hybridized carbons (Fsp3) is 0.818. The summed E-state index contributed by atoms with van der Waals surface area (Å²) in [5.74, 6) is -0.605. The summed E-state index contributed by atoms with van der Waals surface area (Å²) in [4.78, 5) is 21.6. The average Bonchev–Trinajstić information content (AvgIpc) is 2.24. The summed E-state index contributed by atoms with van der Waals surface area (Å²) in [6, 6.07) is -0.436. The molecule has 0 radical (unpaired) electrons. The van der Waals surface area contributed by atoms with E-state index >= 15 is 0 Å². The molecule has 0 spiro atoms. The van der Waals surface area contributed by atoms with E-state index in [9.17, 15) is 9.59 Å². The summed E-state index contributed by atoms with van der Waals surface area (Å²) in [6.07, 6.45) is 2.24. The molecular formula is C11H22N2O3. The lowest BCUT2D eigenvalue weighted by molar-refractivity contribution is -0.137. The monoisotopic (exact) mass is 230 g/mol. The lowest BCUT2D eigenvalue weighted by Gasteiger charge is -2.13. The number of amides is 1. The Balaban J connectivity index is 3.57. The summed E-state index contributed by atoms with van der Waals surface area (Å²) < 4.78 is 0. The van der Waals surface area contributed by atoms with E-state index < -0.39 is 12.0 Å². The Kier molecular flexibility index (Phi) is 7.54. The van der Waals surface area contributed by atoms with Crippen LogP contribution in [-0.2, 0) is 9.59 Å². The SMILES string of the molecule is CC[C@@H](N)C(=O)NCCC(C)CCC(=O)O. The molecule has 16 heavy (non-hydrogen) atoms. The van der Waals surface area contributed by atoms with Gasteiger partial charge in [-0.05, 0) is 25.2 Å². The molecule has 5 nitrogen and oxygen atoms in total. The van der Waals surface area contributed by atoms with E-state index in [4.69, 9.17) is 10.8 Å². The van der Waals surface area contributed by atoms with E-state index in [2.05, 4.69) is 5.32 Å². The summed E-state index contributed by atoms with van der Waals surface area (Å²) in [6.45, 7) is 4.40. The van der Waals surface area contributed by atoms with Crippen molar-refractivity contribution in [2.45, 2.75) is 45.6 Å². The minimum atomic E-state index is -0.774. The van der Waals surface area contributed by atoms with E-state index in [1.54, 1.807) is 0 Å². The number of carbonyl (C=O) groups excluding carboxylic acids is 1. The molecule has 0 saturated heterocycles. The predicted molar refractivity (Wildman–Crippen MR) is 61.9 cm³/mol. The number of carboxylic acid groups (broad SMARTS) is 1. The van der Waals surface area contributed by atoms with Gasteiger partial charge in [-0.2, -0.15) is 0 Å². The highest BCUT2D eigenvalue weighted by atomic mass is 16.4. The summed E-state index contributed by atoms with van der Waals surface area (Å²) >= 11 is 0. The Morgan fingerprint density at radius 1 is 1.38 bits per heavy atom. The van der Waals surface area contributed by atoms with Crippen LogP contribution < -0.4 is 11.1 Å². The highest BCUT2D eigenvalue weighted by molar-refractivity contribution is 5.81. The van der Waals surface area contributed by atoms with Crippen molar-refractivity contribution in [2.75, 3.05) is 6.54 Å². The van der Waals surface area contributed by atoms with Gasteiger partial charge in [-0.15, -0.1) is 0 Å². The predicted octanol–water partition coefficient (Wildman–Crippen LogP) is 0.731. The van der Waals surface area contributed by atoms with E-state index in [1.807, 2.05) is 13.8 Å². The van der Waals surface area contributed by atoms with Gasteiger partial charge in [-0.1, -0.05) is 13.8 Å². The van der Waals surface area contributed by atoms with Crippen molar-refractivity contribution in [1.82, 2.24) is 5.32 Å². The molecule has 1 amide bonds. The first-order chi connectivity index (χ1) is 7.47. The number of aliphatic carboxylic acids is 1. The lowest BCUT2D eigenvalue weighted by Crippen LogP contribution is -2.40. The third kappa shape index (κ3) is 7.23. The molecule has 0 aliphatic heterocycles. The topological polar surface area (TPSA) is 92.4 Å². The molecule has 0 aliphatic rings.